The molecule has 0 aromatic carbocycles. The van der Waals surface area contributed by atoms with E-state index in [1.807, 2.05) is 0 Å². The standard InChI is InChI=1S/C21H36N2O2/c1-16(17-8-4-2-5-9-17)23-15-19(24)14-21(23)12-13-22(20(21)25)18-10-6-3-7-11-18/h16-19,24H,2-15H2,1H3/t16?,19-,21?/m1/s1. The summed E-state index contributed by atoms with van der Waals surface area (Å²) in [5.74, 6) is 1.05. The first-order valence-electron chi connectivity index (χ1n) is 10.9. The van der Waals surface area contributed by atoms with Gasteiger partial charge in [0.1, 0.15) is 5.54 Å². The van der Waals surface area contributed by atoms with E-state index >= 15 is 0 Å². The summed E-state index contributed by atoms with van der Waals surface area (Å²) in [6, 6.07) is 0.887. The summed E-state index contributed by atoms with van der Waals surface area (Å²) in [5.41, 5.74) is -0.395. The third-order valence-electron chi connectivity index (χ3n) is 7.79. The molecule has 2 aliphatic heterocycles. The maximum absolute atomic E-state index is 13.5. The van der Waals surface area contributed by atoms with E-state index in [9.17, 15) is 9.90 Å². The molecule has 2 unspecified atom stereocenters. The molecule has 0 aromatic heterocycles. The number of amides is 1. The van der Waals surface area contributed by atoms with Crippen molar-refractivity contribution in [1.29, 1.82) is 0 Å². The second-order valence-electron chi connectivity index (χ2n) is 9.22. The molecule has 25 heavy (non-hydrogen) atoms. The van der Waals surface area contributed by atoms with Crippen molar-refractivity contribution in [2.45, 2.75) is 108 Å². The van der Waals surface area contributed by atoms with Crippen LogP contribution in [0, 0.1) is 5.92 Å². The zero-order chi connectivity index (χ0) is 17.4. The summed E-state index contributed by atoms with van der Waals surface area (Å²) in [6.07, 6.45) is 14.1. The highest BCUT2D eigenvalue weighted by Crippen LogP contribution is 2.44. The fourth-order valence-electron chi connectivity index (χ4n) is 6.38. The molecule has 0 bridgehead atoms. The minimum absolute atomic E-state index is 0.332. The first kappa shape index (κ1) is 17.8. The normalized spacial score (nSPS) is 37.3. The molecule has 0 aromatic rings. The average molecular weight is 349 g/mol. The maximum Gasteiger partial charge on any atom is 0.243 e. The van der Waals surface area contributed by atoms with Crippen molar-refractivity contribution in [3.63, 3.8) is 0 Å². The van der Waals surface area contributed by atoms with Crippen LogP contribution >= 0.6 is 0 Å². The van der Waals surface area contributed by atoms with Gasteiger partial charge in [-0.1, -0.05) is 38.5 Å². The largest absolute Gasteiger partial charge is 0.392 e. The first-order valence-corrected chi connectivity index (χ1v) is 10.9. The Labute approximate surface area is 152 Å². The number of β-amino-alcohol motifs (C(OH)–C–C–N with tert-alkyl or cyclic N) is 1. The van der Waals surface area contributed by atoms with Gasteiger partial charge in [0.2, 0.25) is 5.91 Å². The van der Waals surface area contributed by atoms with Crippen LogP contribution in [0.25, 0.3) is 0 Å². The van der Waals surface area contributed by atoms with E-state index in [-0.39, 0.29) is 6.10 Å². The zero-order valence-electron chi connectivity index (χ0n) is 16.0. The summed E-state index contributed by atoms with van der Waals surface area (Å²) < 4.78 is 0. The Balaban J connectivity index is 1.52. The van der Waals surface area contributed by atoms with Gasteiger partial charge in [-0.3, -0.25) is 9.69 Å². The highest BCUT2D eigenvalue weighted by Gasteiger charge is 2.58. The van der Waals surface area contributed by atoms with Gasteiger partial charge in [-0.15, -0.1) is 0 Å². The van der Waals surface area contributed by atoms with Crippen molar-refractivity contribution in [3.8, 4) is 0 Å². The van der Waals surface area contributed by atoms with Crippen molar-refractivity contribution in [2.24, 2.45) is 5.92 Å². The lowest BCUT2D eigenvalue weighted by Gasteiger charge is -2.42. The molecular formula is C21H36N2O2. The van der Waals surface area contributed by atoms with Gasteiger partial charge in [0.15, 0.2) is 0 Å². The SMILES string of the molecule is CC(C1CCCCC1)N1C[C@H](O)CC12CCN(C1CCCCC1)C2=O. The summed E-state index contributed by atoms with van der Waals surface area (Å²) in [4.78, 5) is 18.2. The van der Waals surface area contributed by atoms with Gasteiger partial charge in [0.25, 0.3) is 0 Å². The number of likely N-dealkylation sites (tertiary alicyclic amines) is 2. The third-order valence-corrected chi connectivity index (χ3v) is 7.79. The molecule has 1 amide bonds. The predicted molar refractivity (Wildman–Crippen MR) is 99.3 cm³/mol. The van der Waals surface area contributed by atoms with E-state index in [0.29, 0.717) is 36.9 Å². The minimum atomic E-state index is -0.395. The number of carbonyl (C=O) groups excluding carboxylic acids is 1. The van der Waals surface area contributed by atoms with Crippen LogP contribution < -0.4 is 0 Å². The molecule has 4 rings (SSSR count). The second-order valence-corrected chi connectivity index (χ2v) is 9.22. The topological polar surface area (TPSA) is 43.8 Å². The van der Waals surface area contributed by atoms with Gasteiger partial charge < -0.3 is 10.0 Å². The second kappa shape index (κ2) is 7.19. The number of aliphatic hydroxyl groups is 1. The van der Waals surface area contributed by atoms with Gasteiger partial charge in [-0.25, -0.2) is 0 Å². The molecule has 4 fully saturated rings. The van der Waals surface area contributed by atoms with Crippen LogP contribution in [0.2, 0.25) is 0 Å². The number of nitrogens with zero attached hydrogens (tertiary/aromatic N) is 2. The average Bonchev–Trinajstić information content (AvgIpc) is 3.16. The smallest absolute Gasteiger partial charge is 0.243 e. The molecule has 4 aliphatic rings. The van der Waals surface area contributed by atoms with Crippen LogP contribution in [0.5, 0.6) is 0 Å². The molecule has 4 heteroatoms. The van der Waals surface area contributed by atoms with Crippen LogP contribution in [0.15, 0.2) is 0 Å². The summed E-state index contributed by atoms with van der Waals surface area (Å²) in [5, 5.41) is 10.5. The molecule has 2 saturated carbocycles. The Morgan fingerprint density at radius 3 is 2.36 bits per heavy atom. The molecule has 4 nitrogen and oxygen atoms in total. The minimum Gasteiger partial charge on any atom is -0.392 e. The number of aliphatic hydroxyl groups excluding tert-OH is 1. The molecule has 3 atom stereocenters. The number of hydrogen-bond donors (Lipinski definition) is 1. The molecule has 1 N–H and O–H groups in total. The van der Waals surface area contributed by atoms with Gasteiger partial charge in [-0.05, 0) is 44.9 Å². The molecule has 2 heterocycles. The van der Waals surface area contributed by atoms with E-state index in [2.05, 4.69) is 16.7 Å². The molecule has 0 radical (unpaired) electrons. The quantitative estimate of drug-likeness (QED) is 0.851. The monoisotopic (exact) mass is 348 g/mol. The van der Waals surface area contributed by atoms with Gasteiger partial charge in [0.05, 0.1) is 6.10 Å². The molecule has 1 spiro atoms. The van der Waals surface area contributed by atoms with E-state index in [4.69, 9.17) is 0 Å². The first-order chi connectivity index (χ1) is 12.1. The van der Waals surface area contributed by atoms with Crippen LogP contribution in [0.3, 0.4) is 0 Å². The zero-order valence-corrected chi connectivity index (χ0v) is 16.0. The van der Waals surface area contributed by atoms with Gasteiger partial charge in [0, 0.05) is 31.6 Å². The van der Waals surface area contributed by atoms with E-state index < -0.39 is 5.54 Å². The van der Waals surface area contributed by atoms with Crippen LogP contribution in [-0.2, 0) is 4.79 Å². The van der Waals surface area contributed by atoms with E-state index in [1.165, 1.54) is 64.2 Å². The lowest BCUT2D eigenvalue weighted by Crippen LogP contribution is -2.56. The van der Waals surface area contributed by atoms with Crippen molar-refractivity contribution in [1.82, 2.24) is 9.80 Å². The van der Waals surface area contributed by atoms with Crippen molar-refractivity contribution in [3.05, 3.63) is 0 Å². The maximum atomic E-state index is 13.5. The Morgan fingerprint density at radius 1 is 1.04 bits per heavy atom. The van der Waals surface area contributed by atoms with Gasteiger partial charge >= 0.3 is 0 Å². The highest BCUT2D eigenvalue weighted by atomic mass is 16.3. The predicted octanol–water partition coefficient (Wildman–Crippen LogP) is 3.33. The summed E-state index contributed by atoms with van der Waals surface area (Å²) in [6.45, 7) is 3.93. The summed E-state index contributed by atoms with van der Waals surface area (Å²) in [7, 11) is 0. The number of hydrogen-bond acceptors (Lipinski definition) is 3. The van der Waals surface area contributed by atoms with Crippen LogP contribution in [-0.4, -0.2) is 57.6 Å². The van der Waals surface area contributed by atoms with Crippen LogP contribution in [0.4, 0.5) is 0 Å². The molecule has 142 valence electrons. The molecular weight excluding hydrogens is 312 g/mol. The molecule has 2 saturated heterocycles. The van der Waals surface area contributed by atoms with E-state index in [0.717, 1.165) is 13.0 Å². The Morgan fingerprint density at radius 2 is 1.68 bits per heavy atom. The molecule has 2 aliphatic carbocycles. The Bertz CT molecular complexity index is 484. The fourth-order valence-corrected chi connectivity index (χ4v) is 6.38. The number of carbonyl (C=O) groups is 1. The fraction of sp³-hybridized carbons (Fsp3) is 0.952. The van der Waals surface area contributed by atoms with Crippen molar-refractivity contribution < 1.29 is 9.90 Å². The lowest BCUT2D eigenvalue weighted by atomic mass is 9.82. The Hall–Kier alpha value is -0.610. The third kappa shape index (κ3) is 3.14. The Kier molecular flexibility index (Phi) is 5.11. The lowest BCUT2D eigenvalue weighted by molar-refractivity contribution is -0.140. The summed E-state index contributed by atoms with van der Waals surface area (Å²) >= 11 is 0. The van der Waals surface area contributed by atoms with Gasteiger partial charge in [-0.2, -0.15) is 0 Å². The van der Waals surface area contributed by atoms with Crippen LogP contribution in [0.1, 0.15) is 84.0 Å². The highest BCUT2D eigenvalue weighted by molar-refractivity contribution is 5.89. The number of rotatable bonds is 3. The van der Waals surface area contributed by atoms with E-state index in [1.54, 1.807) is 0 Å². The van der Waals surface area contributed by atoms with Crippen molar-refractivity contribution in [2.75, 3.05) is 13.1 Å². The van der Waals surface area contributed by atoms with Crippen molar-refractivity contribution >= 4 is 5.91 Å².